The normalized spacial score (nSPS) is 30.5. The third-order valence-corrected chi connectivity index (χ3v) is 5.02. The first-order chi connectivity index (χ1) is 10.2. The second-order valence-corrected chi connectivity index (χ2v) is 6.18. The lowest BCUT2D eigenvalue weighted by atomic mass is 9.73. The number of nitriles is 1. The predicted octanol–water partition coefficient (Wildman–Crippen LogP) is 2.90. The van der Waals surface area contributed by atoms with Crippen LogP contribution in [0.5, 0.6) is 0 Å². The van der Waals surface area contributed by atoms with Gasteiger partial charge in [-0.15, -0.1) is 0 Å². The molecule has 0 bridgehead atoms. The van der Waals surface area contributed by atoms with E-state index in [-0.39, 0.29) is 12.0 Å². The van der Waals surface area contributed by atoms with Gasteiger partial charge in [0.1, 0.15) is 0 Å². The molecule has 1 aliphatic carbocycles. The highest BCUT2D eigenvalue weighted by molar-refractivity contribution is 5.69. The maximum atomic E-state index is 11.2. The second-order valence-electron chi connectivity index (χ2n) is 6.18. The average Bonchev–Trinajstić information content (AvgIpc) is 3.08. The van der Waals surface area contributed by atoms with Gasteiger partial charge in [-0.1, -0.05) is 24.3 Å². The summed E-state index contributed by atoms with van der Waals surface area (Å²) in [6.07, 6.45) is 6.56. The Hall–Kier alpha value is -2.12. The summed E-state index contributed by atoms with van der Waals surface area (Å²) in [5.74, 6) is 0.0872. The molecule has 0 unspecified atom stereocenters. The van der Waals surface area contributed by atoms with Crippen LogP contribution in [-0.4, -0.2) is 20.3 Å². The molecule has 4 heteroatoms. The van der Waals surface area contributed by atoms with Crippen LogP contribution >= 0.6 is 0 Å². The van der Waals surface area contributed by atoms with Gasteiger partial charge in [0.15, 0.2) is 0 Å². The van der Waals surface area contributed by atoms with Crippen LogP contribution in [0.15, 0.2) is 36.8 Å². The molecule has 0 radical (unpaired) electrons. The van der Waals surface area contributed by atoms with Crippen molar-refractivity contribution in [2.75, 3.05) is 0 Å². The van der Waals surface area contributed by atoms with Crippen LogP contribution in [0.1, 0.15) is 37.3 Å². The summed E-state index contributed by atoms with van der Waals surface area (Å²) < 4.78 is 2.09. The van der Waals surface area contributed by atoms with Gasteiger partial charge in [-0.05, 0) is 31.2 Å². The fraction of sp³-hybridized carbons (Fsp3) is 0.412. The molecule has 1 N–H and O–H groups in total. The molecule has 2 aromatic rings. The molecule has 2 aliphatic rings. The average molecular weight is 279 g/mol. The molecular weight excluding hydrogens is 262 g/mol. The molecule has 0 spiro atoms. The van der Waals surface area contributed by atoms with Crippen LogP contribution in [0.25, 0.3) is 11.3 Å². The van der Waals surface area contributed by atoms with Crippen LogP contribution < -0.4 is 0 Å². The van der Waals surface area contributed by atoms with E-state index in [0.717, 1.165) is 24.1 Å². The van der Waals surface area contributed by atoms with Gasteiger partial charge in [-0.2, -0.15) is 5.26 Å². The quantitative estimate of drug-likeness (QED) is 0.873. The summed E-state index contributed by atoms with van der Waals surface area (Å²) in [6.45, 7) is 0. The van der Waals surface area contributed by atoms with E-state index in [1.54, 1.807) is 0 Å². The van der Waals surface area contributed by atoms with Crippen LogP contribution in [0.2, 0.25) is 0 Å². The zero-order chi connectivity index (χ0) is 14.4. The van der Waals surface area contributed by atoms with E-state index in [1.807, 2.05) is 24.7 Å². The molecule has 1 aromatic carbocycles. The third-order valence-electron chi connectivity index (χ3n) is 5.02. The van der Waals surface area contributed by atoms with Gasteiger partial charge in [-0.25, -0.2) is 4.98 Å². The minimum atomic E-state index is -0.782. The van der Waals surface area contributed by atoms with E-state index in [1.165, 1.54) is 5.56 Å². The number of hydrogen-bond acceptors (Lipinski definition) is 3. The molecule has 4 nitrogen and oxygen atoms in total. The zero-order valence-electron chi connectivity index (χ0n) is 11.7. The van der Waals surface area contributed by atoms with Gasteiger partial charge in [0.2, 0.25) is 0 Å². The molecule has 4 rings (SSSR count). The highest BCUT2D eigenvalue weighted by Crippen LogP contribution is 2.49. The summed E-state index contributed by atoms with van der Waals surface area (Å²) in [6, 6.07) is 10.5. The van der Waals surface area contributed by atoms with Crippen molar-refractivity contribution in [1.29, 1.82) is 5.26 Å². The Labute approximate surface area is 123 Å². The van der Waals surface area contributed by atoms with Crippen molar-refractivity contribution < 1.29 is 5.11 Å². The monoisotopic (exact) mass is 279 g/mol. The van der Waals surface area contributed by atoms with Crippen LogP contribution in [0.4, 0.5) is 0 Å². The van der Waals surface area contributed by atoms with Crippen molar-refractivity contribution in [2.24, 2.45) is 5.92 Å². The van der Waals surface area contributed by atoms with Crippen molar-refractivity contribution in [3.05, 3.63) is 42.4 Å². The van der Waals surface area contributed by atoms with Crippen molar-refractivity contribution in [3.8, 4) is 17.3 Å². The van der Waals surface area contributed by atoms with E-state index in [0.29, 0.717) is 12.8 Å². The van der Waals surface area contributed by atoms with Crippen LogP contribution in [0.3, 0.4) is 0 Å². The maximum absolute atomic E-state index is 11.2. The summed E-state index contributed by atoms with van der Waals surface area (Å²) in [7, 11) is 0. The third kappa shape index (κ3) is 1.74. The number of aliphatic hydroxyl groups is 1. The molecular formula is C17H17N3O. The Bertz CT molecular complexity index is 720. The van der Waals surface area contributed by atoms with Gasteiger partial charge in [0.05, 0.1) is 35.9 Å². The van der Waals surface area contributed by atoms with Crippen molar-refractivity contribution in [3.63, 3.8) is 0 Å². The molecule has 2 heterocycles. The standard InChI is InChI=1S/C17H17N3O/c18-9-12-5-7-17(21,8-6-12)16-14-4-2-1-3-13(14)15-10-19-11-20(15)16/h1-4,10-12,16,21H,5-8H2/t12-,16-,17+/m0/s1. The molecule has 1 aliphatic heterocycles. The molecule has 1 aromatic heterocycles. The minimum Gasteiger partial charge on any atom is -0.387 e. The Balaban J connectivity index is 1.78. The molecule has 21 heavy (non-hydrogen) atoms. The number of imidazole rings is 1. The molecule has 1 atom stereocenters. The van der Waals surface area contributed by atoms with E-state index in [9.17, 15) is 5.11 Å². The summed E-state index contributed by atoms with van der Waals surface area (Å²) in [5, 5.41) is 20.3. The predicted molar refractivity (Wildman–Crippen MR) is 78.3 cm³/mol. The first kappa shape index (κ1) is 12.6. The Morgan fingerprint density at radius 2 is 2.05 bits per heavy atom. The van der Waals surface area contributed by atoms with Gasteiger partial charge in [0, 0.05) is 11.5 Å². The highest BCUT2D eigenvalue weighted by atomic mass is 16.3. The number of hydrogen-bond donors (Lipinski definition) is 1. The lowest BCUT2D eigenvalue weighted by Crippen LogP contribution is -2.42. The van der Waals surface area contributed by atoms with Gasteiger partial charge < -0.3 is 9.67 Å². The summed E-state index contributed by atoms with van der Waals surface area (Å²) >= 11 is 0. The van der Waals surface area contributed by atoms with Crippen molar-refractivity contribution in [1.82, 2.24) is 9.55 Å². The highest BCUT2D eigenvalue weighted by Gasteiger charge is 2.46. The lowest BCUT2D eigenvalue weighted by molar-refractivity contribution is -0.0344. The Kier molecular flexibility index (Phi) is 2.66. The van der Waals surface area contributed by atoms with E-state index < -0.39 is 5.60 Å². The number of nitrogens with zero attached hydrogens (tertiary/aromatic N) is 3. The van der Waals surface area contributed by atoms with Crippen LogP contribution in [-0.2, 0) is 0 Å². The smallest absolute Gasteiger partial charge is 0.0957 e. The largest absolute Gasteiger partial charge is 0.387 e. The fourth-order valence-corrected chi connectivity index (χ4v) is 3.91. The SMILES string of the molecule is N#C[C@H]1CC[C@](O)([C@@H]2c3ccccc3-c3cncn32)CC1. The number of rotatable bonds is 1. The van der Waals surface area contributed by atoms with Gasteiger partial charge in [0.25, 0.3) is 0 Å². The molecule has 1 saturated carbocycles. The van der Waals surface area contributed by atoms with E-state index >= 15 is 0 Å². The van der Waals surface area contributed by atoms with Crippen molar-refractivity contribution in [2.45, 2.75) is 37.3 Å². The first-order valence-corrected chi connectivity index (χ1v) is 7.46. The van der Waals surface area contributed by atoms with E-state index in [2.05, 4.69) is 27.8 Å². The maximum Gasteiger partial charge on any atom is 0.0957 e. The molecule has 0 amide bonds. The molecule has 1 fully saturated rings. The second kappa shape index (κ2) is 4.44. The summed E-state index contributed by atoms with van der Waals surface area (Å²) in [4.78, 5) is 4.25. The summed E-state index contributed by atoms with van der Waals surface area (Å²) in [5.41, 5.74) is 2.63. The number of aromatic nitrogens is 2. The van der Waals surface area contributed by atoms with Crippen molar-refractivity contribution >= 4 is 0 Å². The first-order valence-electron chi connectivity index (χ1n) is 7.46. The zero-order valence-corrected chi connectivity index (χ0v) is 11.7. The van der Waals surface area contributed by atoms with E-state index in [4.69, 9.17) is 5.26 Å². The topological polar surface area (TPSA) is 61.8 Å². The number of benzene rings is 1. The number of fused-ring (bicyclic) bond motifs is 3. The van der Waals surface area contributed by atoms with Crippen LogP contribution in [0, 0.1) is 17.2 Å². The van der Waals surface area contributed by atoms with Gasteiger partial charge in [-0.3, -0.25) is 0 Å². The lowest BCUT2D eigenvalue weighted by Gasteiger charge is -2.39. The molecule has 106 valence electrons. The Morgan fingerprint density at radius 1 is 1.29 bits per heavy atom. The fourth-order valence-electron chi connectivity index (χ4n) is 3.91. The minimum absolute atomic E-state index is 0.0779. The Morgan fingerprint density at radius 3 is 2.81 bits per heavy atom. The van der Waals surface area contributed by atoms with Gasteiger partial charge >= 0.3 is 0 Å². The molecule has 0 saturated heterocycles.